The van der Waals surface area contributed by atoms with Gasteiger partial charge in [-0.1, -0.05) is 38.1 Å². The van der Waals surface area contributed by atoms with E-state index in [9.17, 15) is 9.59 Å². The van der Waals surface area contributed by atoms with Crippen molar-refractivity contribution in [2.24, 2.45) is 5.92 Å². The summed E-state index contributed by atoms with van der Waals surface area (Å²) in [5.74, 6) is 0.477. The maximum Gasteiger partial charge on any atom is 0.228 e. The van der Waals surface area contributed by atoms with Gasteiger partial charge in [0, 0.05) is 0 Å². The van der Waals surface area contributed by atoms with Crippen molar-refractivity contribution in [3.63, 3.8) is 0 Å². The van der Waals surface area contributed by atoms with E-state index in [1.54, 1.807) is 0 Å². The quantitative estimate of drug-likeness (QED) is 0.823. The number of carbonyl (C=O) groups excluding carboxylic acids is 2. The molecule has 0 spiro atoms. The molecule has 1 amide bonds. The van der Waals surface area contributed by atoms with Crippen molar-refractivity contribution >= 4 is 11.7 Å². The van der Waals surface area contributed by atoms with E-state index in [1.807, 2.05) is 12.1 Å². The Hall–Kier alpha value is -1.64. The SMILES string of the molecule is CC(C)Cc1cccc(CC2NC(=O)CC2=O)c1. The molecule has 2 rings (SSSR count). The molecule has 1 aliphatic heterocycles. The van der Waals surface area contributed by atoms with E-state index in [-0.39, 0.29) is 24.2 Å². The molecule has 1 atom stereocenters. The highest BCUT2D eigenvalue weighted by molar-refractivity contribution is 6.07. The van der Waals surface area contributed by atoms with Crippen molar-refractivity contribution in [1.29, 1.82) is 0 Å². The molecule has 1 fully saturated rings. The summed E-state index contributed by atoms with van der Waals surface area (Å²) in [5.41, 5.74) is 2.41. The Balaban J connectivity index is 2.05. The molecule has 0 aromatic heterocycles. The number of rotatable bonds is 4. The molecule has 18 heavy (non-hydrogen) atoms. The summed E-state index contributed by atoms with van der Waals surface area (Å²) < 4.78 is 0. The smallest absolute Gasteiger partial charge is 0.228 e. The highest BCUT2D eigenvalue weighted by atomic mass is 16.2. The lowest BCUT2D eigenvalue weighted by Gasteiger charge is -2.11. The van der Waals surface area contributed by atoms with Gasteiger partial charge in [-0.3, -0.25) is 9.59 Å². The number of amides is 1. The molecule has 0 aliphatic carbocycles. The second-order valence-electron chi connectivity index (χ2n) is 5.39. The van der Waals surface area contributed by atoms with Crippen molar-refractivity contribution < 1.29 is 9.59 Å². The van der Waals surface area contributed by atoms with E-state index in [2.05, 4.69) is 31.3 Å². The van der Waals surface area contributed by atoms with Gasteiger partial charge in [-0.25, -0.2) is 0 Å². The molecule has 1 unspecified atom stereocenters. The van der Waals surface area contributed by atoms with Gasteiger partial charge in [0.1, 0.15) is 0 Å². The van der Waals surface area contributed by atoms with Crippen LogP contribution in [-0.4, -0.2) is 17.7 Å². The third-order valence-electron chi connectivity index (χ3n) is 3.13. The van der Waals surface area contributed by atoms with Crippen LogP contribution in [0, 0.1) is 5.92 Å². The molecule has 96 valence electrons. The summed E-state index contributed by atoms with van der Waals surface area (Å²) in [6.07, 6.45) is 1.69. The average molecular weight is 245 g/mol. The number of benzene rings is 1. The Morgan fingerprint density at radius 2 is 2.00 bits per heavy atom. The number of Topliss-reactive ketones (excluding diaryl/α,β-unsaturated/α-hetero) is 1. The average Bonchev–Trinajstić information content (AvgIpc) is 2.57. The molecule has 1 aliphatic rings. The van der Waals surface area contributed by atoms with Crippen molar-refractivity contribution in [2.75, 3.05) is 0 Å². The number of nitrogens with one attached hydrogen (secondary N) is 1. The fraction of sp³-hybridized carbons (Fsp3) is 0.467. The van der Waals surface area contributed by atoms with Crippen LogP contribution in [-0.2, 0) is 22.4 Å². The van der Waals surface area contributed by atoms with Crippen LogP contribution in [0.3, 0.4) is 0 Å². The second kappa shape index (κ2) is 5.34. The van der Waals surface area contributed by atoms with Crippen molar-refractivity contribution in [3.8, 4) is 0 Å². The molecular formula is C15H19NO2. The third kappa shape index (κ3) is 3.19. The lowest BCUT2D eigenvalue weighted by Crippen LogP contribution is -2.31. The molecule has 1 aromatic carbocycles. The van der Waals surface area contributed by atoms with Gasteiger partial charge in [0.05, 0.1) is 12.5 Å². The molecule has 0 radical (unpaired) electrons. The van der Waals surface area contributed by atoms with Gasteiger partial charge in [-0.05, 0) is 29.9 Å². The first-order valence-corrected chi connectivity index (χ1v) is 6.44. The molecule has 3 nitrogen and oxygen atoms in total. The molecule has 1 saturated heterocycles. The van der Waals surface area contributed by atoms with E-state index in [0.29, 0.717) is 12.3 Å². The van der Waals surface area contributed by atoms with Gasteiger partial charge in [0.15, 0.2) is 5.78 Å². The first-order valence-electron chi connectivity index (χ1n) is 6.44. The first-order chi connectivity index (χ1) is 8.54. The topological polar surface area (TPSA) is 46.2 Å². The molecule has 0 saturated carbocycles. The summed E-state index contributed by atoms with van der Waals surface area (Å²) in [6.45, 7) is 4.38. The zero-order valence-electron chi connectivity index (χ0n) is 10.9. The highest BCUT2D eigenvalue weighted by Gasteiger charge is 2.29. The van der Waals surface area contributed by atoms with Crippen molar-refractivity contribution in [1.82, 2.24) is 5.32 Å². The van der Waals surface area contributed by atoms with E-state index in [0.717, 1.165) is 12.0 Å². The van der Waals surface area contributed by atoms with Crippen LogP contribution in [0.25, 0.3) is 0 Å². The standard InChI is InChI=1S/C15H19NO2/c1-10(2)6-11-4-3-5-12(7-11)8-13-14(17)9-15(18)16-13/h3-5,7,10,13H,6,8-9H2,1-2H3,(H,16,18). The van der Waals surface area contributed by atoms with Crippen LogP contribution in [0.4, 0.5) is 0 Å². The summed E-state index contributed by atoms with van der Waals surface area (Å²) in [5, 5.41) is 2.72. The van der Waals surface area contributed by atoms with Crippen LogP contribution in [0.1, 0.15) is 31.4 Å². The van der Waals surface area contributed by atoms with Gasteiger partial charge >= 0.3 is 0 Å². The molecule has 1 aromatic rings. The van der Waals surface area contributed by atoms with Crippen molar-refractivity contribution in [2.45, 2.75) is 39.2 Å². The summed E-state index contributed by atoms with van der Waals surface area (Å²) in [7, 11) is 0. The van der Waals surface area contributed by atoms with E-state index in [1.165, 1.54) is 5.56 Å². The monoisotopic (exact) mass is 245 g/mol. The van der Waals surface area contributed by atoms with Gasteiger partial charge in [0.25, 0.3) is 0 Å². The van der Waals surface area contributed by atoms with Gasteiger partial charge in [-0.2, -0.15) is 0 Å². The van der Waals surface area contributed by atoms with Gasteiger partial charge in [0.2, 0.25) is 5.91 Å². The van der Waals surface area contributed by atoms with E-state index >= 15 is 0 Å². The van der Waals surface area contributed by atoms with E-state index in [4.69, 9.17) is 0 Å². The Kier molecular flexibility index (Phi) is 3.80. The second-order valence-corrected chi connectivity index (χ2v) is 5.39. The fourth-order valence-electron chi connectivity index (χ4n) is 2.36. The lowest BCUT2D eigenvalue weighted by atomic mass is 9.97. The molecule has 1 N–H and O–H groups in total. The Morgan fingerprint density at radius 3 is 2.61 bits per heavy atom. The van der Waals surface area contributed by atoms with Crippen LogP contribution >= 0.6 is 0 Å². The minimum atomic E-state index is -0.327. The normalized spacial score (nSPS) is 19.4. The zero-order valence-corrected chi connectivity index (χ0v) is 10.9. The minimum absolute atomic E-state index is 0.00858. The zero-order chi connectivity index (χ0) is 13.1. The number of hydrogen-bond donors (Lipinski definition) is 1. The van der Waals surface area contributed by atoms with Crippen LogP contribution in [0.15, 0.2) is 24.3 Å². The maximum atomic E-state index is 11.6. The first kappa shape index (κ1) is 12.8. The number of carbonyl (C=O) groups is 2. The minimum Gasteiger partial charge on any atom is -0.346 e. The molecular weight excluding hydrogens is 226 g/mol. The largest absolute Gasteiger partial charge is 0.346 e. The van der Waals surface area contributed by atoms with E-state index < -0.39 is 0 Å². The van der Waals surface area contributed by atoms with Crippen molar-refractivity contribution in [3.05, 3.63) is 35.4 Å². The Labute approximate surface area is 108 Å². The van der Waals surface area contributed by atoms with Crippen LogP contribution in [0.2, 0.25) is 0 Å². The molecule has 3 heteroatoms. The number of hydrogen-bond acceptors (Lipinski definition) is 2. The highest BCUT2D eigenvalue weighted by Crippen LogP contribution is 2.14. The number of ketones is 1. The summed E-state index contributed by atoms with van der Waals surface area (Å²) >= 11 is 0. The summed E-state index contributed by atoms with van der Waals surface area (Å²) in [6, 6.07) is 7.96. The predicted molar refractivity (Wildman–Crippen MR) is 70.2 cm³/mol. The third-order valence-corrected chi connectivity index (χ3v) is 3.13. The fourth-order valence-corrected chi connectivity index (χ4v) is 2.36. The van der Waals surface area contributed by atoms with Gasteiger partial charge in [-0.15, -0.1) is 0 Å². The summed E-state index contributed by atoms with van der Waals surface area (Å²) in [4.78, 5) is 22.7. The lowest BCUT2D eigenvalue weighted by molar-refractivity contribution is -0.122. The maximum absolute atomic E-state index is 11.6. The Bertz CT molecular complexity index is 465. The van der Waals surface area contributed by atoms with Gasteiger partial charge < -0.3 is 5.32 Å². The molecule has 0 bridgehead atoms. The predicted octanol–water partition coefficient (Wildman–Crippen LogP) is 1.89. The molecule has 1 heterocycles. The Morgan fingerprint density at radius 1 is 1.28 bits per heavy atom. The van der Waals surface area contributed by atoms with Crippen LogP contribution in [0.5, 0.6) is 0 Å². The van der Waals surface area contributed by atoms with Crippen LogP contribution < -0.4 is 5.32 Å².